The molecule has 0 radical (unpaired) electrons. The van der Waals surface area contributed by atoms with Gasteiger partial charge in [-0.3, -0.25) is 0 Å². The highest BCUT2D eigenvalue weighted by atomic mass is 127. The van der Waals surface area contributed by atoms with Crippen molar-refractivity contribution in [3.8, 4) is 0 Å². The standard InChI is InChI=1S/C15H12F4IN/c16-13-6-3-10(15(17,18)19)8-12(13)14(21)7-9-1-4-11(20)5-2-9/h1-6,8,14H,7,21H2. The van der Waals surface area contributed by atoms with Crippen LogP contribution in [0.25, 0.3) is 0 Å². The first-order valence-corrected chi connectivity index (χ1v) is 7.22. The van der Waals surface area contributed by atoms with Gasteiger partial charge < -0.3 is 5.73 Å². The number of halogens is 5. The highest BCUT2D eigenvalue weighted by molar-refractivity contribution is 14.1. The highest BCUT2D eigenvalue weighted by Crippen LogP contribution is 2.32. The SMILES string of the molecule is NC(Cc1ccc(I)cc1)c1cc(C(F)(F)F)ccc1F. The van der Waals surface area contributed by atoms with Crippen molar-refractivity contribution in [2.24, 2.45) is 5.73 Å². The van der Waals surface area contributed by atoms with E-state index in [0.29, 0.717) is 0 Å². The van der Waals surface area contributed by atoms with E-state index in [1.165, 1.54) is 0 Å². The average Bonchev–Trinajstić information content (AvgIpc) is 2.40. The van der Waals surface area contributed by atoms with Crippen LogP contribution in [0.1, 0.15) is 22.7 Å². The van der Waals surface area contributed by atoms with Gasteiger partial charge in [0, 0.05) is 15.2 Å². The maximum Gasteiger partial charge on any atom is 0.416 e. The van der Waals surface area contributed by atoms with Crippen molar-refractivity contribution in [2.45, 2.75) is 18.6 Å². The summed E-state index contributed by atoms with van der Waals surface area (Å²) in [4.78, 5) is 0. The highest BCUT2D eigenvalue weighted by Gasteiger charge is 2.31. The molecule has 0 spiro atoms. The molecule has 21 heavy (non-hydrogen) atoms. The first kappa shape index (κ1) is 16.2. The summed E-state index contributed by atoms with van der Waals surface area (Å²) >= 11 is 2.14. The van der Waals surface area contributed by atoms with E-state index in [-0.39, 0.29) is 12.0 Å². The van der Waals surface area contributed by atoms with E-state index in [0.717, 1.165) is 27.3 Å². The summed E-state index contributed by atoms with van der Waals surface area (Å²) in [7, 11) is 0. The number of benzene rings is 2. The van der Waals surface area contributed by atoms with Crippen molar-refractivity contribution in [1.82, 2.24) is 0 Å². The van der Waals surface area contributed by atoms with Crippen LogP contribution in [0, 0.1) is 9.39 Å². The second kappa shape index (κ2) is 6.31. The van der Waals surface area contributed by atoms with Gasteiger partial charge in [-0.15, -0.1) is 0 Å². The van der Waals surface area contributed by atoms with Crippen LogP contribution in [-0.4, -0.2) is 0 Å². The Morgan fingerprint density at radius 3 is 2.24 bits per heavy atom. The van der Waals surface area contributed by atoms with Gasteiger partial charge in [0.15, 0.2) is 0 Å². The van der Waals surface area contributed by atoms with Gasteiger partial charge in [-0.1, -0.05) is 12.1 Å². The molecule has 0 fully saturated rings. The van der Waals surface area contributed by atoms with Gasteiger partial charge in [-0.05, 0) is 64.9 Å². The lowest BCUT2D eigenvalue weighted by molar-refractivity contribution is -0.137. The molecule has 2 aromatic rings. The van der Waals surface area contributed by atoms with Crippen LogP contribution in [0.5, 0.6) is 0 Å². The van der Waals surface area contributed by atoms with Gasteiger partial charge in [-0.25, -0.2) is 4.39 Å². The molecule has 2 N–H and O–H groups in total. The molecule has 0 heterocycles. The molecule has 0 aromatic heterocycles. The predicted molar refractivity (Wildman–Crippen MR) is 81.2 cm³/mol. The van der Waals surface area contributed by atoms with Gasteiger partial charge in [0.2, 0.25) is 0 Å². The minimum absolute atomic E-state index is 0.122. The van der Waals surface area contributed by atoms with Crippen LogP contribution in [-0.2, 0) is 12.6 Å². The number of hydrogen-bond acceptors (Lipinski definition) is 1. The largest absolute Gasteiger partial charge is 0.416 e. The number of nitrogens with two attached hydrogens (primary N) is 1. The monoisotopic (exact) mass is 409 g/mol. The van der Waals surface area contributed by atoms with Crippen molar-refractivity contribution < 1.29 is 17.6 Å². The third-order valence-corrected chi connectivity index (χ3v) is 3.81. The molecule has 2 rings (SSSR count). The smallest absolute Gasteiger partial charge is 0.324 e. The Morgan fingerprint density at radius 2 is 1.67 bits per heavy atom. The minimum Gasteiger partial charge on any atom is -0.324 e. The maximum absolute atomic E-state index is 13.7. The molecule has 0 aliphatic heterocycles. The molecule has 0 aliphatic carbocycles. The lowest BCUT2D eigenvalue weighted by Gasteiger charge is -2.15. The third-order valence-electron chi connectivity index (χ3n) is 3.09. The van der Waals surface area contributed by atoms with E-state index in [4.69, 9.17) is 5.73 Å². The van der Waals surface area contributed by atoms with Crippen LogP contribution in [0.15, 0.2) is 42.5 Å². The normalized spacial score (nSPS) is 13.2. The Hall–Kier alpha value is -1.15. The predicted octanol–water partition coefficient (Wildman–Crippen LogP) is 4.69. The van der Waals surface area contributed by atoms with E-state index < -0.39 is 23.6 Å². The Kier molecular flexibility index (Phi) is 4.88. The van der Waals surface area contributed by atoms with Gasteiger partial charge in [0.1, 0.15) is 5.82 Å². The quantitative estimate of drug-likeness (QED) is 0.578. The van der Waals surface area contributed by atoms with Gasteiger partial charge in [-0.2, -0.15) is 13.2 Å². The van der Waals surface area contributed by atoms with Crippen molar-refractivity contribution in [2.75, 3.05) is 0 Å². The molecular weight excluding hydrogens is 397 g/mol. The molecule has 0 bridgehead atoms. The minimum atomic E-state index is -4.51. The molecule has 112 valence electrons. The number of rotatable bonds is 3. The van der Waals surface area contributed by atoms with Gasteiger partial charge >= 0.3 is 6.18 Å². The zero-order chi connectivity index (χ0) is 15.6. The summed E-state index contributed by atoms with van der Waals surface area (Å²) in [5, 5.41) is 0. The van der Waals surface area contributed by atoms with E-state index in [1.807, 2.05) is 24.3 Å². The Morgan fingerprint density at radius 1 is 1.05 bits per heavy atom. The average molecular weight is 409 g/mol. The second-order valence-corrected chi connectivity index (χ2v) is 5.92. The molecule has 1 atom stereocenters. The van der Waals surface area contributed by atoms with E-state index in [9.17, 15) is 17.6 Å². The first-order valence-electron chi connectivity index (χ1n) is 6.14. The van der Waals surface area contributed by atoms with Crippen molar-refractivity contribution in [1.29, 1.82) is 0 Å². The zero-order valence-corrected chi connectivity index (χ0v) is 13.0. The fourth-order valence-corrected chi connectivity index (χ4v) is 2.35. The lowest BCUT2D eigenvalue weighted by atomic mass is 9.97. The zero-order valence-electron chi connectivity index (χ0n) is 10.8. The molecule has 0 saturated heterocycles. The molecule has 2 aromatic carbocycles. The summed E-state index contributed by atoms with van der Waals surface area (Å²) in [6.45, 7) is 0. The Bertz CT molecular complexity index is 623. The van der Waals surface area contributed by atoms with E-state index in [1.54, 1.807) is 0 Å². The van der Waals surface area contributed by atoms with Crippen LogP contribution >= 0.6 is 22.6 Å². The van der Waals surface area contributed by atoms with E-state index in [2.05, 4.69) is 22.6 Å². The molecule has 0 amide bonds. The number of hydrogen-bond donors (Lipinski definition) is 1. The fraction of sp³-hybridized carbons (Fsp3) is 0.200. The summed E-state index contributed by atoms with van der Waals surface area (Å²) in [5.41, 5.74) is 5.70. The summed E-state index contributed by atoms with van der Waals surface area (Å²) in [6.07, 6.45) is -4.24. The first-order chi connectivity index (χ1) is 9.77. The molecule has 1 nitrogen and oxygen atoms in total. The summed E-state index contributed by atoms with van der Waals surface area (Å²) < 4.78 is 52.8. The Balaban J connectivity index is 2.26. The van der Waals surface area contributed by atoms with Gasteiger partial charge in [0.25, 0.3) is 0 Å². The molecule has 0 aliphatic rings. The maximum atomic E-state index is 13.7. The second-order valence-electron chi connectivity index (χ2n) is 4.67. The summed E-state index contributed by atoms with van der Waals surface area (Å²) in [5.74, 6) is -0.721. The molecular formula is C15H12F4IN. The van der Waals surface area contributed by atoms with Crippen molar-refractivity contribution >= 4 is 22.6 Å². The Labute approximate surface area is 133 Å². The van der Waals surface area contributed by atoms with Gasteiger partial charge in [0.05, 0.1) is 5.56 Å². The van der Waals surface area contributed by atoms with Crippen LogP contribution in [0.4, 0.5) is 17.6 Å². The number of alkyl halides is 3. The van der Waals surface area contributed by atoms with E-state index >= 15 is 0 Å². The van der Waals surface area contributed by atoms with Crippen molar-refractivity contribution in [3.63, 3.8) is 0 Å². The molecule has 6 heteroatoms. The fourth-order valence-electron chi connectivity index (χ4n) is 1.99. The topological polar surface area (TPSA) is 26.0 Å². The third kappa shape index (κ3) is 4.16. The molecule has 1 unspecified atom stereocenters. The van der Waals surface area contributed by atoms with Crippen LogP contribution in [0.2, 0.25) is 0 Å². The van der Waals surface area contributed by atoms with Crippen LogP contribution in [0.3, 0.4) is 0 Å². The van der Waals surface area contributed by atoms with Crippen molar-refractivity contribution in [3.05, 3.63) is 68.5 Å². The van der Waals surface area contributed by atoms with Crippen LogP contribution < -0.4 is 5.73 Å². The summed E-state index contributed by atoms with van der Waals surface area (Å²) in [6, 6.07) is 8.87. The molecule has 0 saturated carbocycles. The lowest BCUT2D eigenvalue weighted by Crippen LogP contribution is -2.17.